The van der Waals surface area contributed by atoms with Gasteiger partial charge < -0.3 is 10.0 Å². The predicted octanol–water partition coefficient (Wildman–Crippen LogP) is 1.34. The summed E-state index contributed by atoms with van der Waals surface area (Å²) in [5.74, 6) is -1.50. The van der Waals surface area contributed by atoms with Gasteiger partial charge in [0.05, 0.1) is 10.8 Å². The highest BCUT2D eigenvalue weighted by molar-refractivity contribution is 7.90. The van der Waals surface area contributed by atoms with Gasteiger partial charge in [0, 0.05) is 24.9 Å². The van der Waals surface area contributed by atoms with Crippen molar-refractivity contribution in [3.8, 4) is 0 Å². The molecular weight excluding hydrogens is 306 g/mol. The van der Waals surface area contributed by atoms with Crippen LogP contribution in [0.15, 0.2) is 23.1 Å². The number of benzene rings is 1. The molecule has 22 heavy (non-hydrogen) atoms. The molecule has 0 radical (unpaired) electrons. The first-order valence-corrected chi connectivity index (χ1v) is 8.92. The summed E-state index contributed by atoms with van der Waals surface area (Å²) in [4.78, 5) is 25.1. The lowest BCUT2D eigenvalue weighted by Crippen LogP contribution is -2.40. The normalized spacial score (nSPS) is 16.5. The number of sulfone groups is 1. The number of carboxylic acid groups (broad SMARTS) is 1. The number of hydrogen-bond donors (Lipinski definition) is 1. The average molecular weight is 325 g/mol. The smallest absolute Gasteiger partial charge is 0.306 e. The van der Waals surface area contributed by atoms with E-state index in [1.165, 1.54) is 6.07 Å². The van der Waals surface area contributed by atoms with Gasteiger partial charge in [-0.3, -0.25) is 9.59 Å². The summed E-state index contributed by atoms with van der Waals surface area (Å²) in [5.41, 5.74) is 0.920. The van der Waals surface area contributed by atoms with Crippen LogP contribution in [0.25, 0.3) is 0 Å². The Kier molecular flexibility index (Phi) is 4.55. The third-order valence-corrected chi connectivity index (χ3v) is 5.20. The zero-order valence-electron chi connectivity index (χ0n) is 12.6. The monoisotopic (exact) mass is 325 g/mol. The van der Waals surface area contributed by atoms with Crippen LogP contribution >= 0.6 is 0 Å². The average Bonchev–Trinajstić information content (AvgIpc) is 2.46. The van der Waals surface area contributed by atoms with Crippen molar-refractivity contribution in [1.82, 2.24) is 4.90 Å². The predicted molar refractivity (Wildman–Crippen MR) is 80.6 cm³/mol. The summed E-state index contributed by atoms with van der Waals surface area (Å²) in [6.45, 7) is 2.43. The van der Waals surface area contributed by atoms with Crippen LogP contribution < -0.4 is 0 Å². The lowest BCUT2D eigenvalue weighted by molar-refractivity contribution is -0.143. The van der Waals surface area contributed by atoms with Crippen molar-refractivity contribution in [2.75, 3.05) is 19.3 Å². The molecule has 1 aromatic rings. The molecule has 0 aromatic heterocycles. The number of carbonyl (C=O) groups is 2. The van der Waals surface area contributed by atoms with E-state index in [0.717, 1.165) is 6.26 Å². The number of amides is 1. The second kappa shape index (κ2) is 6.08. The van der Waals surface area contributed by atoms with Crippen molar-refractivity contribution < 1.29 is 23.1 Å². The van der Waals surface area contributed by atoms with E-state index in [9.17, 15) is 18.0 Å². The first-order chi connectivity index (χ1) is 10.2. The molecule has 0 bridgehead atoms. The summed E-state index contributed by atoms with van der Waals surface area (Å²) >= 11 is 0. The molecule has 1 aromatic carbocycles. The highest BCUT2D eigenvalue weighted by Gasteiger charge is 2.28. The fourth-order valence-corrected chi connectivity index (χ4v) is 3.64. The standard InChI is InChI=1S/C15H19NO5S/c1-10-3-4-12(9-13(10)22(2,20)21)14(17)16-7-5-11(6-8-16)15(18)19/h3-4,9,11H,5-8H2,1-2H3,(H,18,19). The van der Waals surface area contributed by atoms with Crippen molar-refractivity contribution >= 4 is 21.7 Å². The molecule has 7 heteroatoms. The van der Waals surface area contributed by atoms with Gasteiger partial charge in [0.1, 0.15) is 0 Å². The summed E-state index contributed by atoms with van der Waals surface area (Å²) in [5, 5.41) is 8.97. The van der Waals surface area contributed by atoms with Gasteiger partial charge >= 0.3 is 5.97 Å². The second-order valence-electron chi connectivity index (χ2n) is 5.66. The van der Waals surface area contributed by atoms with E-state index in [4.69, 9.17) is 5.11 Å². The van der Waals surface area contributed by atoms with E-state index >= 15 is 0 Å². The number of piperidine rings is 1. The van der Waals surface area contributed by atoms with Crippen LogP contribution in [-0.2, 0) is 14.6 Å². The first-order valence-electron chi connectivity index (χ1n) is 7.03. The topological polar surface area (TPSA) is 91.8 Å². The van der Waals surface area contributed by atoms with Crippen LogP contribution in [0.5, 0.6) is 0 Å². The Bertz CT molecular complexity index is 703. The van der Waals surface area contributed by atoms with Crippen LogP contribution in [0.3, 0.4) is 0 Å². The van der Waals surface area contributed by atoms with Gasteiger partial charge in [-0.05, 0) is 37.5 Å². The molecular formula is C15H19NO5S. The third kappa shape index (κ3) is 3.47. The molecule has 1 heterocycles. The Hall–Kier alpha value is -1.89. The van der Waals surface area contributed by atoms with E-state index in [-0.39, 0.29) is 10.8 Å². The molecule has 6 nitrogen and oxygen atoms in total. The van der Waals surface area contributed by atoms with Crippen LogP contribution in [0.1, 0.15) is 28.8 Å². The third-order valence-electron chi connectivity index (χ3n) is 3.97. The SMILES string of the molecule is Cc1ccc(C(=O)N2CCC(C(=O)O)CC2)cc1S(C)(=O)=O. The maximum Gasteiger partial charge on any atom is 0.306 e. The van der Waals surface area contributed by atoms with Crippen molar-refractivity contribution in [1.29, 1.82) is 0 Å². The van der Waals surface area contributed by atoms with Crippen LogP contribution in [0, 0.1) is 12.8 Å². The molecule has 120 valence electrons. The Balaban J connectivity index is 2.19. The Morgan fingerprint density at radius 3 is 2.32 bits per heavy atom. The molecule has 1 fully saturated rings. The Morgan fingerprint density at radius 2 is 1.82 bits per heavy atom. The minimum absolute atomic E-state index is 0.152. The van der Waals surface area contributed by atoms with E-state index in [2.05, 4.69) is 0 Å². The van der Waals surface area contributed by atoms with Gasteiger partial charge in [0.15, 0.2) is 9.84 Å². The number of nitrogens with zero attached hydrogens (tertiary/aromatic N) is 1. The lowest BCUT2D eigenvalue weighted by Gasteiger charge is -2.30. The van der Waals surface area contributed by atoms with Gasteiger partial charge in [-0.2, -0.15) is 0 Å². The lowest BCUT2D eigenvalue weighted by atomic mass is 9.96. The molecule has 0 spiro atoms. The number of carbonyl (C=O) groups excluding carboxylic acids is 1. The maximum absolute atomic E-state index is 12.5. The maximum atomic E-state index is 12.5. The van der Waals surface area contributed by atoms with Gasteiger partial charge in [0.25, 0.3) is 5.91 Å². The van der Waals surface area contributed by atoms with E-state index in [0.29, 0.717) is 37.1 Å². The van der Waals surface area contributed by atoms with Crippen LogP contribution in [-0.4, -0.2) is 49.6 Å². The van der Waals surface area contributed by atoms with Crippen molar-refractivity contribution in [3.05, 3.63) is 29.3 Å². The van der Waals surface area contributed by atoms with E-state index < -0.39 is 21.7 Å². The van der Waals surface area contributed by atoms with Crippen LogP contribution in [0.2, 0.25) is 0 Å². The Labute approximate surface area is 129 Å². The highest BCUT2D eigenvalue weighted by atomic mass is 32.2. The fourth-order valence-electron chi connectivity index (χ4n) is 2.64. The van der Waals surface area contributed by atoms with Crippen LogP contribution in [0.4, 0.5) is 0 Å². The summed E-state index contributed by atoms with van der Waals surface area (Å²) in [7, 11) is -3.39. The zero-order valence-corrected chi connectivity index (χ0v) is 13.4. The molecule has 0 saturated carbocycles. The molecule has 0 unspecified atom stereocenters. The zero-order chi connectivity index (χ0) is 16.5. The van der Waals surface area contributed by atoms with Gasteiger partial charge in [0.2, 0.25) is 0 Å². The molecule has 1 amide bonds. The summed E-state index contributed by atoms with van der Waals surface area (Å²) in [6.07, 6.45) is 1.96. The Morgan fingerprint density at radius 1 is 1.23 bits per heavy atom. The second-order valence-corrected chi connectivity index (χ2v) is 7.64. The summed E-state index contributed by atoms with van der Waals surface area (Å²) in [6, 6.07) is 4.62. The number of likely N-dealkylation sites (tertiary alicyclic amines) is 1. The highest BCUT2D eigenvalue weighted by Crippen LogP contribution is 2.22. The first kappa shape index (κ1) is 16.5. The number of rotatable bonds is 3. The molecule has 0 atom stereocenters. The number of aliphatic carboxylic acids is 1. The number of hydrogen-bond acceptors (Lipinski definition) is 4. The van der Waals surface area contributed by atoms with Crippen molar-refractivity contribution in [2.45, 2.75) is 24.7 Å². The minimum atomic E-state index is -3.39. The molecule has 1 aliphatic rings. The number of aryl methyl sites for hydroxylation is 1. The molecule has 1 saturated heterocycles. The molecule has 1 N–H and O–H groups in total. The molecule has 1 aliphatic heterocycles. The molecule has 2 rings (SSSR count). The van der Waals surface area contributed by atoms with Gasteiger partial charge in [-0.15, -0.1) is 0 Å². The quantitative estimate of drug-likeness (QED) is 0.905. The van der Waals surface area contributed by atoms with Gasteiger partial charge in [-0.1, -0.05) is 6.07 Å². The van der Waals surface area contributed by atoms with Crippen molar-refractivity contribution in [3.63, 3.8) is 0 Å². The largest absolute Gasteiger partial charge is 0.481 e. The molecule has 0 aliphatic carbocycles. The van der Waals surface area contributed by atoms with Crippen molar-refractivity contribution in [2.24, 2.45) is 5.92 Å². The van der Waals surface area contributed by atoms with E-state index in [1.807, 2.05) is 0 Å². The minimum Gasteiger partial charge on any atom is -0.481 e. The number of carboxylic acids is 1. The van der Waals surface area contributed by atoms with E-state index in [1.54, 1.807) is 24.0 Å². The fraction of sp³-hybridized carbons (Fsp3) is 0.467. The summed E-state index contributed by atoms with van der Waals surface area (Å²) < 4.78 is 23.5. The van der Waals surface area contributed by atoms with Gasteiger partial charge in [-0.25, -0.2) is 8.42 Å².